The van der Waals surface area contributed by atoms with Crippen LogP contribution in [0.4, 0.5) is 5.69 Å². The minimum absolute atomic E-state index is 0.803. The van der Waals surface area contributed by atoms with Gasteiger partial charge in [-0.1, -0.05) is 42.3 Å². The maximum atomic E-state index is 6.18. The van der Waals surface area contributed by atoms with Gasteiger partial charge < -0.3 is 4.90 Å². The lowest BCUT2D eigenvalue weighted by molar-refractivity contribution is 0.366. The Morgan fingerprint density at radius 1 is 1.35 bits per heavy atom. The van der Waals surface area contributed by atoms with Crippen LogP contribution < -0.4 is 0 Å². The highest BCUT2D eigenvalue weighted by molar-refractivity contribution is 8.14. The van der Waals surface area contributed by atoms with Crippen LogP contribution in [0.25, 0.3) is 0 Å². The summed E-state index contributed by atoms with van der Waals surface area (Å²) in [6.07, 6.45) is 5.60. The summed E-state index contributed by atoms with van der Waals surface area (Å²) < 4.78 is 0. The average Bonchev–Trinajstić information content (AvgIpc) is 3.08. The van der Waals surface area contributed by atoms with Crippen molar-refractivity contribution >= 4 is 34.2 Å². The van der Waals surface area contributed by atoms with Crippen molar-refractivity contribution in [1.29, 1.82) is 0 Å². The number of thioether (sulfide) groups is 1. The highest BCUT2D eigenvalue weighted by atomic mass is 35.5. The molecule has 1 saturated heterocycles. The maximum Gasteiger partial charge on any atom is 0.164 e. The van der Waals surface area contributed by atoms with Gasteiger partial charge in [-0.05, 0) is 43.4 Å². The molecule has 1 aromatic carbocycles. The quantitative estimate of drug-likeness (QED) is 0.791. The molecule has 4 heteroatoms. The van der Waals surface area contributed by atoms with E-state index in [-0.39, 0.29) is 0 Å². The highest BCUT2D eigenvalue weighted by Crippen LogP contribution is 2.31. The summed E-state index contributed by atoms with van der Waals surface area (Å²) in [5.74, 6) is 2.03. The van der Waals surface area contributed by atoms with Crippen molar-refractivity contribution in [2.45, 2.75) is 32.6 Å². The lowest BCUT2D eigenvalue weighted by atomic mass is 10.1. The highest BCUT2D eigenvalue weighted by Gasteiger charge is 2.24. The van der Waals surface area contributed by atoms with Gasteiger partial charge in [0.15, 0.2) is 5.17 Å². The van der Waals surface area contributed by atoms with Gasteiger partial charge in [0, 0.05) is 23.9 Å². The fraction of sp³-hybridized carbons (Fsp3) is 0.562. The standard InChI is InChI=1S/C16H21ClN2S/c1-12-14(17)7-4-8-15(12)18-16-19(9-10-20-16)11-13-5-2-3-6-13/h4,7-8,13H,2-3,5-6,9-11H2,1H3. The molecule has 3 rings (SSSR count). The lowest BCUT2D eigenvalue weighted by Crippen LogP contribution is -2.29. The van der Waals surface area contributed by atoms with E-state index >= 15 is 0 Å². The molecule has 1 heterocycles. The van der Waals surface area contributed by atoms with E-state index in [0.717, 1.165) is 34.5 Å². The number of aliphatic imine (C=N–C) groups is 1. The van der Waals surface area contributed by atoms with Crippen molar-refractivity contribution in [3.05, 3.63) is 28.8 Å². The Bertz CT molecular complexity index is 509. The van der Waals surface area contributed by atoms with Crippen LogP contribution in [0.15, 0.2) is 23.2 Å². The second-order valence-electron chi connectivity index (χ2n) is 5.72. The first-order valence-corrected chi connectivity index (χ1v) is 8.82. The smallest absolute Gasteiger partial charge is 0.164 e. The van der Waals surface area contributed by atoms with E-state index in [1.807, 2.05) is 30.8 Å². The molecule has 1 aliphatic heterocycles. The Morgan fingerprint density at radius 3 is 2.95 bits per heavy atom. The van der Waals surface area contributed by atoms with Crippen molar-refractivity contribution in [2.75, 3.05) is 18.8 Å². The summed E-state index contributed by atoms with van der Waals surface area (Å²) in [6.45, 7) is 4.37. The number of benzene rings is 1. The first-order chi connectivity index (χ1) is 9.74. The minimum atomic E-state index is 0.803. The second kappa shape index (κ2) is 6.40. The molecule has 0 bridgehead atoms. The molecule has 1 saturated carbocycles. The number of rotatable bonds is 3. The SMILES string of the molecule is Cc1c(Cl)cccc1N=C1SCCN1CC1CCCC1. The van der Waals surface area contributed by atoms with Gasteiger partial charge in [0.1, 0.15) is 0 Å². The van der Waals surface area contributed by atoms with E-state index in [1.165, 1.54) is 37.4 Å². The van der Waals surface area contributed by atoms with Crippen LogP contribution in [0.3, 0.4) is 0 Å². The number of nitrogens with zero attached hydrogens (tertiary/aromatic N) is 2. The van der Waals surface area contributed by atoms with Crippen molar-refractivity contribution in [3.8, 4) is 0 Å². The molecule has 108 valence electrons. The molecule has 0 N–H and O–H groups in total. The van der Waals surface area contributed by atoms with E-state index in [1.54, 1.807) is 0 Å². The molecule has 1 aliphatic carbocycles. The van der Waals surface area contributed by atoms with Crippen LogP contribution in [0.2, 0.25) is 5.02 Å². The summed E-state index contributed by atoms with van der Waals surface area (Å²) in [4.78, 5) is 7.34. The molecule has 20 heavy (non-hydrogen) atoms. The molecule has 2 nitrogen and oxygen atoms in total. The van der Waals surface area contributed by atoms with Gasteiger partial charge in [-0.3, -0.25) is 0 Å². The van der Waals surface area contributed by atoms with Crippen molar-refractivity contribution in [2.24, 2.45) is 10.9 Å². The first-order valence-electron chi connectivity index (χ1n) is 7.45. The van der Waals surface area contributed by atoms with Crippen molar-refractivity contribution < 1.29 is 0 Å². The number of hydrogen-bond donors (Lipinski definition) is 0. The van der Waals surface area contributed by atoms with E-state index in [0.29, 0.717) is 0 Å². The van der Waals surface area contributed by atoms with Crippen molar-refractivity contribution in [1.82, 2.24) is 4.90 Å². The third-order valence-corrected chi connectivity index (χ3v) is 5.68. The summed E-state index contributed by atoms with van der Waals surface area (Å²) in [5.41, 5.74) is 2.09. The van der Waals surface area contributed by atoms with Crippen LogP contribution in [0.5, 0.6) is 0 Å². The van der Waals surface area contributed by atoms with Gasteiger partial charge in [-0.2, -0.15) is 0 Å². The number of halogens is 1. The number of amidine groups is 1. The molecule has 0 aromatic heterocycles. The summed E-state index contributed by atoms with van der Waals surface area (Å²) in [7, 11) is 0. The second-order valence-corrected chi connectivity index (χ2v) is 7.19. The number of hydrogen-bond acceptors (Lipinski definition) is 2. The zero-order valence-corrected chi connectivity index (χ0v) is 13.5. The van der Waals surface area contributed by atoms with E-state index < -0.39 is 0 Å². The third-order valence-electron chi connectivity index (χ3n) is 4.27. The zero-order chi connectivity index (χ0) is 13.9. The first kappa shape index (κ1) is 14.3. The molecular formula is C16H21ClN2S. The molecular weight excluding hydrogens is 288 g/mol. The van der Waals surface area contributed by atoms with Gasteiger partial charge in [0.25, 0.3) is 0 Å². The van der Waals surface area contributed by atoms with Crippen LogP contribution in [-0.2, 0) is 0 Å². The molecule has 0 amide bonds. The summed E-state index contributed by atoms with van der Waals surface area (Å²) in [6, 6.07) is 5.97. The van der Waals surface area contributed by atoms with Crippen LogP contribution in [0.1, 0.15) is 31.2 Å². The topological polar surface area (TPSA) is 15.6 Å². The predicted octanol–water partition coefficient (Wildman–Crippen LogP) is 4.87. The van der Waals surface area contributed by atoms with Gasteiger partial charge >= 0.3 is 0 Å². The fourth-order valence-corrected chi connectivity index (χ4v) is 4.21. The molecule has 0 unspecified atom stereocenters. The van der Waals surface area contributed by atoms with Gasteiger partial charge in [-0.15, -0.1) is 0 Å². The van der Waals surface area contributed by atoms with Gasteiger partial charge in [-0.25, -0.2) is 4.99 Å². The Morgan fingerprint density at radius 2 is 2.15 bits per heavy atom. The molecule has 0 atom stereocenters. The Balaban J connectivity index is 1.76. The Labute approximate surface area is 130 Å². The fourth-order valence-electron chi connectivity index (χ4n) is 3.03. The van der Waals surface area contributed by atoms with Crippen molar-refractivity contribution in [3.63, 3.8) is 0 Å². The maximum absolute atomic E-state index is 6.18. The Kier molecular flexibility index (Phi) is 4.57. The third kappa shape index (κ3) is 3.15. The zero-order valence-electron chi connectivity index (χ0n) is 11.9. The molecule has 0 radical (unpaired) electrons. The average molecular weight is 309 g/mol. The molecule has 2 aliphatic rings. The van der Waals surface area contributed by atoms with Crippen LogP contribution in [0, 0.1) is 12.8 Å². The normalized spacial score (nSPS) is 22.1. The molecule has 0 spiro atoms. The monoisotopic (exact) mass is 308 g/mol. The van der Waals surface area contributed by atoms with Gasteiger partial charge in [0.05, 0.1) is 5.69 Å². The predicted molar refractivity (Wildman–Crippen MR) is 89.3 cm³/mol. The van der Waals surface area contributed by atoms with E-state index in [4.69, 9.17) is 16.6 Å². The van der Waals surface area contributed by atoms with E-state index in [2.05, 4.69) is 11.0 Å². The van der Waals surface area contributed by atoms with E-state index in [9.17, 15) is 0 Å². The largest absolute Gasteiger partial charge is 0.350 e. The summed E-state index contributed by atoms with van der Waals surface area (Å²) in [5, 5.41) is 1.99. The summed E-state index contributed by atoms with van der Waals surface area (Å²) >= 11 is 8.06. The minimum Gasteiger partial charge on any atom is -0.350 e. The van der Waals surface area contributed by atoms with Crippen LogP contribution in [-0.4, -0.2) is 28.9 Å². The molecule has 2 fully saturated rings. The Hall–Kier alpha value is -0.670. The van der Waals surface area contributed by atoms with Crippen LogP contribution >= 0.6 is 23.4 Å². The lowest BCUT2D eigenvalue weighted by Gasteiger charge is -2.22. The van der Waals surface area contributed by atoms with Gasteiger partial charge in [0.2, 0.25) is 0 Å². The molecule has 1 aromatic rings.